The summed E-state index contributed by atoms with van der Waals surface area (Å²) in [6, 6.07) is 5.71. The third kappa shape index (κ3) is 12.6. The number of halogens is 1. The molecule has 0 heterocycles. The average molecular weight is 588 g/mol. The molecule has 14 nitrogen and oxygen atoms in total. The summed E-state index contributed by atoms with van der Waals surface area (Å²) in [4.78, 5) is 41.1. The maximum Gasteiger partial charge on any atom is 0.294 e. The van der Waals surface area contributed by atoms with E-state index in [1.54, 1.807) is 30.3 Å². The third-order valence-corrected chi connectivity index (χ3v) is 6.40. The van der Waals surface area contributed by atoms with Crippen LogP contribution in [-0.4, -0.2) is 75.6 Å². The number of unbranched alkanes of at least 4 members (excludes halogenated alkanes) is 1. The van der Waals surface area contributed by atoms with Crippen LogP contribution in [0.15, 0.2) is 48.6 Å². The van der Waals surface area contributed by atoms with E-state index in [9.17, 15) is 40.3 Å². The zero-order chi connectivity index (χ0) is 29.5. The summed E-state index contributed by atoms with van der Waals surface area (Å²) >= 11 is 5.92. The van der Waals surface area contributed by atoms with Crippen molar-refractivity contribution in [3.63, 3.8) is 0 Å². The van der Waals surface area contributed by atoms with Gasteiger partial charge in [-0.25, -0.2) is 0 Å². The number of ether oxygens (including phenoxy) is 1. The molecule has 15 heteroatoms. The van der Waals surface area contributed by atoms with Crippen LogP contribution >= 0.6 is 11.6 Å². The van der Waals surface area contributed by atoms with Crippen molar-refractivity contribution in [2.24, 2.45) is 11.8 Å². The van der Waals surface area contributed by atoms with Crippen molar-refractivity contribution < 1.29 is 44.7 Å². The molecule has 222 valence electrons. The number of aliphatic hydroxyl groups is 3. The number of nitrogens with zero attached hydrogens (tertiary/aromatic N) is 2. The summed E-state index contributed by atoms with van der Waals surface area (Å²) in [5, 5.41) is 52.5. The first-order valence-corrected chi connectivity index (χ1v) is 13.0. The number of carbonyl (C=O) groups excluding carboxylic acids is 1. The lowest BCUT2D eigenvalue weighted by atomic mass is 9.89. The molecular formula is C25H34ClN3O11. The monoisotopic (exact) mass is 587 g/mol. The van der Waals surface area contributed by atoms with Crippen LogP contribution in [0.1, 0.15) is 32.1 Å². The molecule has 0 spiro atoms. The van der Waals surface area contributed by atoms with Gasteiger partial charge >= 0.3 is 0 Å². The summed E-state index contributed by atoms with van der Waals surface area (Å²) in [7, 11) is 0. The molecular weight excluding hydrogens is 554 g/mol. The lowest BCUT2D eigenvalue weighted by Gasteiger charge is -2.19. The van der Waals surface area contributed by atoms with Crippen LogP contribution in [0.5, 0.6) is 5.75 Å². The van der Waals surface area contributed by atoms with Gasteiger partial charge in [-0.05, 0) is 43.4 Å². The van der Waals surface area contributed by atoms with Crippen molar-refractivity contribution in [2.45, 2.75) is 56.5 Å². The van der Waals surface area contributed by atoms with Gasteiger partial charge in [0.2, 0.25) is 5.91 Å². The molecule has 1 saturated carbocycles. The van der Waals surface area contributed by atoms with Crippen molar-refractivity contribution in [1.29, 1.82) is 0 Å². The minimum Gasteiger partial charge on any atom is -0.491 e. The van der Waals surface area contributed by atoms with Gasteiger partial charge in [-0.15, -0.1) is 20.2 Å². The van der Waals surface area contributed by atoms with Crippen LogP contribution in [-0.2, 0) is 14.5 Å². The van der Waals surface area contributed by atoms with Crippen LogP contribution in [0.25, 0.3) is 0 Å². The Balaban J connectivity index is 1.75. The van der Waals surface area contributed by atoms with Crippen molar-refractivity contribution >= 4 is 17.5 Å². The quantitative estimate of drug-likeness (QED) is 0.0846. The van der Waals surface area contributed by atoms with Crippen molar-refractivity contribution in [2.75, 3.05) is 19.8 Å². The van der Waals surface area contributed by atoms with E-state index in [0.717, 1.165) is 0 Å². The second kappa shape index (κ2) is 17.3. The summed E-state index contributed by atoms with van der Waals surface area (Å²) in [5.41, 5.74) is 0. The summed E-state index contributed by atoms with van der Waals surface area (Å²) in [6.07, 6.45) is 6.18. The van der Waals surface area contributed by atoms with E-state index in [4.69, 9.17) is 16.3 Å². The molecule has 1 aliphatic carbocycles. The van der Waals surface area contributed by atoms with E-state index in [1.165, 1.54) is 6.08 Å². The molecule has 0 saturated heterocycles. The number of hydrogen-bond donors (Lipinski definition) is 4. The Morgan fingerprint density at radius 2 is 1.82 bits per heavy atom. The van der Waals surface area contributed by atoms with E-state index < -0.39 is 53.6 Å². The Labute approximate surface area is 235 Å². The number of hydrogen-bond acceptors (Lipinski definition) is 11. The van der Waals surface area contributed by atoms with Gasteiger partial charge < -0.3 is 35.0 Å². The Kier molecular flexibility index (Phi) is 14.1. The molecule has 5 atom stereocenters. The third-order valence-electron chi connectivity index (χ3n) is 6.17. The molecule has 1 amide bonds. The summed E-state index contributed by atoms with van der Waals surface area (Å²) in [5.74, 6) is -0.597. The molecule has 0 aromatic heterocycles. The van der Waals surface area contributed by atoms with Crippen molar-refractivity contribution in [1.82, 2.24) is 5.32 Å². The lowest BCUT2D eigenvalue weighted by Crippen LogP contribution is -2.42. The van der Waals surface area contributed by atoms with Gasteiger partial charge in [0.25, 0.3) is 10.2 Å². The van der Waals surface area contributed by atoms with Gasteiger partial charge in [-0.3, -0.25) is 4.79 Å². The first kappa shape index (κ1) is 32.8. The van der Waals surface area contributed by atoms with Gasteiger partial charge in [0, 0.05) is 23.8 Å². The van der Waals surface area contributed by atoms with E-state index in [1.807, 2.05) is 12.2 Å². The molecule has 40 heavy (non-hydrogen) atoms. The predicted octanol–water partition coefficient (Wildman–Crippen LogP) is 2.01. The van der Waals surface area contributed by atoms with Crippen LogP contribution < -0.4 is 10.1 Å². The average Bonchev–Trinajstić information content (AvgIpc) is 3.16. The zero-order valence-electron chi connectivity index (χ0n) is 21.6. The standard InChI is InChI=1S/C25H34ClN3O11/c26-17-6-5-7-20(12-17)38-16-19(30)10-11-22-21(23(31)13-24(22)32)8-3-1-2-4-9-25(33)27-18(14-39-28(34)35)15-40-29(36)37/h1,3,5-7,10-12,18-19,21-24,30-32H,2,4,8-9,13-16H2,(H,27,33)/b3-1-,11-10+/t19-,21-,22-,23+,24-/m1/s1. The molecule has 0 unspecified atom stereocenters. The Hall–Kier alpha value is -3.46. The molecule has 4 N–H and O–H groups in total. The fourth-order valence-corrected chi connectivity index (χ4v) is 4.42. The molecule has 1 aromatic rings. The molecule has 0 bridgehead atoms. The molecule has 0 radical (unpaired) electrons. The summed E-state index contributed by atoms with van der Waals surface area (Å²) in [6.45, 7) is -1.19. The Bertz CT molecular complexity index is 1010. The zero-order valence-corrected chi connectivity index (χ0v) is 22.4. The van der Waals surface area contributed by atoms with E-state index in [0.29, 0.717) is 30.0 Å². The topological polar surface area (TPSA) is 204 Å². The first-order chi connectivity index (χ1) is 19.0. The molecule has 2 rings (SSSR count). The maximum atomic E-state index is 12.1. The molecule has 0 aliphatic heterocycles. The molecule has 1 aliphatic rings. The van der Waals surface area contributed by atoms with Crippen LogP contribution in [0.2, 0.25) is 5.02 Å². The largest absolute Gasteiger partial charge is 0.491 e. The summed E-state index contributed by atoms with van der Waals surface area (Å²) < 4.78 is 5.52. The number of amides is 1. The minimum atomic E-state index is -1.07. The number of nitrogens with one attached hydrogen (secondary N) is 1. The second-order valence-electron chi connectivity index (χ2n) is 9.23. The van der Waals surface area contributed by atoms with Crippen molar-refractivity contribution in [3.05, 3.63) is 73.8 Å². The van der Waals surface area contributed by atoms with Gasteiger partial charge in [0.15, 0.2) is 0 Å². The van der Waals surface area contributed by atoms with Crippen molar-refractivity contribution in [3.8, 4) is 5.75 Å². The lowest BCUT2D eigenvalue weighted by molar-refractivity contribution is -0.766. The Morgan fingerprint density at radius 1 is 1.12 bits per heavy atom. The fourth-order valence-electron chi connectivity index (χ4n) is 4.24. The number of rotatable bonds is 18. The predicted molar refractivity (Wildman–Crippen MR) is 141 cm³/mol. The smallest absolute Gasteiger partial charge is 0.294 e. The second-order valence-corrected chi connectivity index (χ2v) is 9.67. The number of aliphatic hydroxyl groups excluding tert-OH is 3. The highest BCUT2D eigenvalue weighted by Crippen LogP contribution is 2.36. The van der Waals surface area contributed by atoms with Gasteiger partial charge in [0.1, 0.15) is 31.7 Å². The molecule has 1 aromatic carbocycles. The molecule has 1 fully saturated rings. The van der Waals surface area contributed by atoms with Crippen LogP contribution in [0.4, 0.5) is 0 Å². The Morgan fingerprint density at radius 3 is 2.48 bits per heavy atom. The van der Waals surface area contributed by atoms with Gasteiger partial charge in [-0.1, -0.05) is 42.0 Å². The van der Waals surface area contributed by atoms with E-state index in [-0.39, 0.29) is 31.3 Å². The van der Waals surface area contributed by atoms with Gasteiger partial charge in [-0.2, -0.15) is 0 Å². The number of carbonyl (C=O) groups is 1. The first-order valence-electron chi connectivity index (χ1n) is 12.6. The SMILES string of the molecule is O=C(CCC/C=C\C[C@@H]1[C@@H](/C=C/[C@@H](O)COc2cccc(Cl)c2)[C@H](O)C[C@@H]1O)NC(CO[N+](=O)[O-])CO[N+](=O)[O-]. The van der Waals surface area contributed by atoms with Crippen LogP contribution in [0.3, 0.4) is 0 Å². The van der Waals surface area contributed by atoms with E-state index >= 15 is 0 Å². The highest BCUT2D eigenvalue weighted by Gasteiger charge is 2.39. The normalized spacial score (nSPS) is 21.5. The number of allylic oxidation sites excluding steroid dienone is 2. The highest BCUT2D eigenvalue weighted by molar-refractivity contribution is 6.30. The van der Waals surface area contributed by atoms with Gasteiger partial charge in [0.05, 0.1) is 18.2 Å². The van der Waals surface area contributed by atoms with E-state index in [2.05, 4.69) is 15.0 Å². The maximum absolute atomic E-state index is 12.1. The highest BCUT2D eigenvalue weighted by atomic mass is 35.5. The van der Waals surface area contributed by atoms with Crippen LogP contribution in [0, 0.1) is 32.1 Å². The fraction of sp³-hybridized carbons (Fsp3) is 0.560. The minimum absolute atomic E-state index is 0.00733. The number of benzene rings is 1.